The number of aliphatic hydroxyl groups excluding tert-OH is 2. The summed E-state index contributed by atoms with van der Waals surface area (Å²) in [5, 5.41) is 20.0. The summed E-state index contributed by atoms with van der Waals surface area (Å²) in [6, 6.07) is 2.05. The zero-order valence-corrected chi connectivity index (χ0v) is 14.6. The van der Waals surface area contributed by atoms with E-state index in [0.29, 0.717) is 31.0 Å². The normalized spacial score (nSPS) is 40.8. The minimum absolute atomic E-state index is 0.0569. The standard InChI is InChI=1S/C20H32O3/c1-19(14-22)9-3-10-20(2)17(6-4-15-8-11-23-13-15)16(12-21)5-7-18(19)20/h8,11,13,16-18,21-22H,3-7,9-10,12,14H2,1-2H3/t16-,17-,18-,19-,20+/m0/s1. The SMILES string of the molecule is C[C@@]1(CO)CCC[C@]2(C)[C@@H](CCc3ccoc3)[C@H](CO)CC[C@@H]12. The first-order chi connectivity index (χ1) is 11.0. The van der Waals surface area contributed by atoms with Crippen LogP contribution in [-0.2, 0) is 6.42 Å². The zero-order valence-electron chi connectivity index (χ0n) is 14.6. The molecule has 23 heavy (non-hydrogen) atoms. The van der Waals surface area contributed by atoms with Gasteiger partial charge in [0.1, 0.15) is 0 Å². The van der Waals surface area contributed by atoms with Crippen LogP contribution in [0.25, 0.3) is 0 Å². The Hall–Kier alpha value is -0.800. The predicted octanol–water partition coefficient (Wildman–Crippen LogP) is 4.04. The molecule has 3 nitrogen and oxygen atoms in total. The third-order valence-corrected chi connectivity index (χ3v) is 7.26. The Morgan fingerprint density at radius 2 is 2.04 bits per heavy atom. The Kier molecular flexibility index (Phi) is 4.89. The van der Waals surface area contributed by atoms with Gasteiger partial charge in [-0.05, 0) is 78.7 Å². The first-order valence-corrected chi connectivity index (χ1v) is 9.26. The van der Waals surface area contributed by atoms with Crippen LogP contribution in [0.2, 0.25) is 0 Å². The second kappa shape index (κ2) is 6.60. The molecule has 0 aromatic carbocycles. The fraction of sp³-hybridized carbons (Fsp3) is 0.800. The highest BCUT2D eigenvalue weighted by Gasteiger charge is 2.55. The fourth-order valence-corrected chi connectivity index (χ4v) is 5.99. The van der Waals surface area contributed by atoms with Gasteiger partial charge >= 0.3 is 0 Å². The Morgan fingerprint density at radius 1 is 1.22 bits per heavy atom. The molecule has 0 amide bonds. The topological polar surface area (TPSA) is 53.6 Å². The average Bonchev–Trinajstić information content (AvgIpc) is 3.06. The zero-order chi connectivity index (χ0) is 16.5. The molecular weight excluding hydrogens is 288 g/mol. The monoisotopic (exact) mass is 320 g/mol. The van der Waals surface area contributed by atoms with E-state index in [1.165, 1.54) is 18.4 Å². The maximum atomic E-state index is 10.0. The van der Waals surface area contributed by atoms with Crippen LogP contribution in [0.1, 0.15) is 57.9 Å². The average molecular weight is 320 g/mol. The van der Waals surface area contributed by atoms with Gasteiger partial charge in [-0.1, -0.05) is 20.3 Å². The Labute approximate surface area is 140 Å². The Morgan fingerprint density at radius 3 is 2.70 bits per heavy atom. The lowest BCUT2D eigenvalue weighted by molar-refractivity contribution is -0.128. The number of aliphatic hydroxyl groups is 2. The summed E-state index contributed by atoms with van der Waals surface area (Å²) in [4.78, 5) is 0. The maximum absolute atomic E-state index is 10.0. The van der Waals surface area contributed by atoms with Crippen LogP contribution >= 0.6 is 0 Å². The quantitative estimate of drug-likeness (QED) is 0.861. The van der Waals surface area contributed by atoms with Crippen LogP contribution in [0.3, 0.4) is 0 Å². The molecule has 1 heterocycles. The summed E-state index contributed by atoms with van der Waals surface area (Å²) < 4.78 is 5.21. The molecule has 0 unspecified atom stereocenters. The van der Waals surface area contributed by atoms with Crippen LogP contribution in [0.15, 0.2) is 23.0 Å². The van der Waals surface area contributed by atoms with E-state index in [0.717, 1.165) is 32.1 Å². The van der Waals surface area contributed by atoms with Crippen molar-refractivity contribution in [3.8, 4) is 0 Å². The van der Waals surface area contributed by atoms with Gasteiger partial charge in [-0.15, -0.1) is 0 Å². The van der Waals surface area contributed by atoms with E-state index in [4.69, 9.17) is 4.42 Å². The number of hydrogen-bond acceptors (Lipinski definition) is 3. The van der Waals surface area contributed by atoms with Crippen molar-refractivity contribution in [2.45, 2.75) is 58.8 Å². The number of aryl methyl sites for hydroxylation is 1. The highest BCUT2D eigenvalue weighted by molar-refractivity contribution is 5.08. The van der Waals surface area contributed by atoms with E-state index in [1.54, 1.807) is 6.26 Å². The molecule has 0 saturated heterocycles. The molecule has 1 aromatic heterocycles. The molecule has 2 saturated carbocycles. The molecule has 3 rings (SSSR count). The minimum atomic E-state index is 0.0569. The smallest absolute Gasteiger partial charge is 0.0934 e. The molecule has 3 heteroatoms. The fourth-order valence-electron chi connectivity index (χ4n) is 5.99. The summed E-state index contributed by atoms with van der Waals surface area (Å²) in [6.07, 6.45) is 11.5. The summed E-state index contributed by atoms with van der Waals surface area (Å²) >= 11 is 0. The molecule has 2 fully saturated rings. The van der Waals surface area contributed by atoms with E-state index < -0.39 is 0 Å². The van der Waals surface area contributed by atoms with E-state index >= 15 is 0 Å². The van der Waals surface area contributed by atoms with Gasteiger partial charge in [0, 0.05) is 13.2 Å². The molecule has 130 valence electrons. The highest BCUT2D eigenvalue weighted by Crippen LogP contribution is 2.61. The van der Waals surface area contributed by atoms with Gasteiger partial charge in [-0.3, -0.25) is 0 Å². The number of furan rings is 1. The number of rotatable bonds is 5. The van der Waals surface area contributed by atoms with Crippen molar-refractivity contribution >= 4 is 0 Å². The Balaban J connectivity index is 1.83. The molecular formula is C20H32O3. The number of hydrogen-bond donors (Lipinski definition) is 2. The predicted molar refractivity (Wildman–Crippen MR) is 91.0 cm³/mol. The van der Waals surface area contributed by atoms with Gasteiger partial charge in [-0.2, -0.15) is 0 Å². The molecule has 5 atom stereocenters. The van der Waals surface area contributed by atoms with Crippen molar-refractivity contribution in [2.75, 3.05) is 13.2 Å². The van der Waals surface area contributed by atoms with Crippen LogP contribution in [0, 0.1) is 28.6 Å². The summed E-state index contributed by atoms with van der Waals surface area (Å²) in [5.74, 6) is 1.52. The van der Waals surface area contributed by atoms with Gasteiger partial charge in [0.15, 0.2) is 0 Å². The third kappa shape index (κ3) is 2.98. The molecule has 2 aliphatic carbocycles. The molecule has 2 aliphatic rings. The lowest BCUT2D eigenvalue weighted by Gasteiger charge is -2.60. The van der Waals surface area contributed by atoms with Crippen LogP contribution in [-0.4, -0.2) is 23.4 Å². The van der Waals surface area contributed by atoms with Gasteiger partial charge in [-0.25, -0.2) is 0 Å². The number of fused-ring (bicyclic) bond motifs is 1. The van der Waals surface area contributed by atoms with Crippen molar-refractivity contribution in [3.63, 3.8) is 0 Å². The Bertz CT molecular complexity index is 497. The molecule has 0 aliphatic heterocycles. The summed E-state index contributed by atoms with van der Waals surface area (Å²) in [7, 11) is 0. The van der Waals surface area contributed by atoms with Crippen molar-refractivity contribution < 1.29 is 14.6 Å². The van der Waals surface area contributed by atoms with Crippen LogP contribution < -0.4 is 0 Å². The van der Waals surface area contributed by atoms with E-state index in [2.05, 4.69) is 19.9 Å². The maximum Gasteiger partial charge on any atom is 0.0934 e. The lowest BCUT2D eigenvalue weighted by Crippen LogP contribution is -2.54. The summed E-state index contributed by atoms with van der Waals surface area (Å²) in [5.41, 5.74) is 1.56. The summed E-state index contributed by atoms with van der Waals surface area (Å²) in [6.45, 7) is 5.31. The largest absolute Gasteiger partial charge is 0.472 e. The highest BCUT2D eigenvalue weighted by atomic mass is 16.3. The second-order valence-corrected chi connectivity index (χ2v) is 8.52. The van der Waals surface area contributed by atoms with E-state index in [1.807, 2.05) is 6.26 Å². The second-order valence-electron chi connectivity index (χ2n) is 8.52. The first-order valence-electron chi connectivity index (χ1n) is 9.26. The van der Waals surface area contributed by atoms with Crippen molar-refractivity contribution in [1.82, 2.24) is 0 Å². The van der Waals surface area contributed by atoms with Gasteiger partial charge in [0.05, 0.1) is 12.5 Å². The van der Waals surface area contributed by atoms with Crippen molar-refractivity contribution in [1.29, 1.82) is 0 Å². The van der Waals surface area contributed by atoms with Crippen molar-refractivity contribution in [2.24, 2.45) is 28.6 Å². The van der Waals surface area contributed by atoms with E-state index in [9.17, 15) is 10.2 Å². The van der Waals surface area contributed by atoms with Gasteiger partial charge in [0.2, 0.25) is 0 Å². The van der Waals surface area contributed by atoms with Gasteiger partial charge < -0.3 is 14.6 Å². The molecule has 0 radical (unpaired) electrons. The molecule has 1 aromatic rings. The lowest BCUT2D eigenvalue weighted by atomic mass is 9.45. The van der Waals surface area contributed by atoms with E-state index in [-0.39, 0.29) is 10.8 Å². The molecule has 0 bridgehead atoms. The van der Waals surface area contributed by atoms with Crippen LogP contribution in [0.4, 0.5) is 0 Å². The third-order valence-electron chi connectivity index (χ3n) is 7.26. The van der Waals surface area contributed by atoms with Crippen LogP contribution in [0.5, 0.6) is 0 Å². The molecule has 0 spiro atoms. The first kappa shape index (κ1) is 17.0. The minimum Gasteiger partial charge on any atom is -0.472 e. The van der Waals surface area contributed by atoms with Gasteiger partial charge in [0.25, 0.3) is 0 Å². The molecule has 2 N–H and O–H groups in total. The van der Waals surface area contributed by atoms with Crippen molar-refractivity contribution in [3.05, 3.63) is 24.2 Å².